The number of esters is 1. The smallest absolute Gasteiger partial charge is 0.333 e. The Balaban J connectivity index is 3.01. The molecular formula is C14H24O7S. The van der Waals surface area contributed by atoms with Crippen LogP contribution in [0.15, 0.2) is 11.6 Å². The number of aliphatic hydroxyl groups is 1. The molecule has 0 aliphatic heterocycles. The lowest BCUT2D eigenvalue weighted by Crippen LogP contribution is -2.46. The maximum absolute atomic E-state index is 11.7. The maximum Gasteiger partial charge on any atom is 0.333 e. The van der Waals surface area contributed by atoms with Gasteiger partial charge in [0.25, 0.3) is 10.1 Å². The molecular weight excluding hydrogens is 312 g/mol. The summed E-state index contributed by atoms with van der Waals surface area (Å²) < 4.78 is 37.9. The molecule has 0 fully saturated rings. The predicted molar refractivity (Wildman–Crippen MR) is 79.7 cm³/mol. The first kappa shape index (κ1) is 19.1. The van der Waals surface area contributed by atoms with Crippen LogP contribution in [-0.4, -0.2) is 57.3 Å². The summed E-state index contributed by atoms with van der Waals surface area (Å²) in [7, 11) is -2.55. The van der Waals surface area contributed by atoms with E-state index in [1.54, 1.807) is 0 Å². The van der Waals surface area contributed by atoms with E-state index in [1.165, 1.54) is 13.2 Å². The minimum atomic E-state index is -3.79. The summed E-state index contributed by atoms with van der Waals surface area (Å²) in [6, 6.07) is 0. The Labute approximate surface area is 131 Å². The highest BCUT2D eigenvalue weighted by molar-refractivity contribution is 7.86. The van der Waals surface area contributed by atoms with E-state index in [-0.39, 0.29) is 18.1 Å². The highest BCUT2D eigenvalue weighted by Crippen LogP contribution is 2.27. The molecule has 0 unspecified atom stereocenters. The second-order valence-corrected chi connectivity index (χ2v) is 6.86. The van der Waals surface area contributed by atoms with Crippen molar-refractivity contribution in [3.63, 3.8) is 0 Å². The number of ether oxygens (including phenoxy) is 2. The normalized spacial score (nSPS) is 25.9. The monoisotopic (exact) mass is 336 g/mol. The molecule has 0 heterocycles. The van der Waals surface area contributed by atoms with Crippen LogP contribution in [0, 0.1) is 0 Å². The molecule has 1 N–H and O–H groups in total. The largest absolute Gasteiger partial charge is 0.466 e. The summed E-state index contributed by atoms with van der Waals surface area (Å²) in [5.41, 5.74) is 0.234. The Morgan fingerprint density at radius 1 is 1.41 bits per heavy atom. The van der Waals surface area contributed by atoms with Gasteiger partial charge in [-0.15, -0.1) is 0 Å². The Bertz CT molecular complexity index is 507. The quantitative estimate of drug-likeness (QED) is 0.541. The molecule has 0 amide bonds. The van der Waals surface area contributed by atoms with E-state index in [9.17, 15) is 18.3 Å². The SMILES string of the molecule is CCC(CC)O[C@@H]1CC(C(=O)OC)=C[C@H](OS(C)(=O)=O)[C@@H]1O. The van der Waals surface area contributed by atoms with Crippen molar-refractivity contribution >= 4 is 16.1 Å². The van der Waals surface area contributed by atoms with Gasteiger partial charge in [-0.1, -0.05) is 13.8 Å². The Morgan fingerprint density at radius 2 is 2.00 bits per heavy atom. The summed E-state index contributed by atoms with van der Waals surface area (Å²) in [6.45, 7) is 3.90. The first-order valence-corrected chi connectivity index (χ1v) is 9.04. The van der Waals surface area contributed by atoms with Gasteiger partial charge in [0.2, 0.25) is 0 Å². The van der Waals surface area contributed by atoms with E-state index in [0.29, 0.717) is 0 Å². The van der Waals surface area contributed by atoms with E-state index in [2.05, 4.69) is 4.74 Å². The van der Waals surface area contributed by atoms with Gasteiger partial charge in [-0.2, -0.15) is 8.42 Å². The van der Waals surface area contributed by atoms with Gasteiger partial charge in [-0.3, -0.25) is 4.18 Å². The van der Waals surface area contributed by atoms with Crippen molar-refractivity contribution in [1.82, 2.24) is 0 Å². The molecule has 0 aromatic rings. The fraction of sp³-hybridized carbons (Fsp3) is 0.786. The lowest BCUT2D eigenvalue weighted by atomic mass is 9.92. The van der Waals surface area contributed by atoms with Gasteiger partial charge in [-0.05, 0) is 18.9 Å². The molecule has 0 saturated carbocycles. The lowest BCUT2D eigenvalue weighted by molar-refractivity contribution is -0.139. The molecule has 0 radical (unpaired) electrons. The standard InChI is InChI=1S/C14H24O7S/c1-5-10(6-2)20-11-7-9(14(16)19-3)8-12(13(11)15)21-22(4,17)18/h8,10-13,15H,5-7H2,1-4H3/t11-,12+,13-/m1/s1. The van der Waals surface area contributed by atoms with Crippen molar-refractivity contribution in [3.05, 3.63) is 11.6 Å². The molecule has 1 aliphatic rings. The zero-order valence-corrected chi connectivity index (χ0v) is 14.1. The number of carbonyl (C=O) groups is 1. The van der Waals surface area contributed by atoms with Crippen molar-refractivity contribution in [2.45, 2.75) is 57.5 Å². The van der Waals surface area contributed by atoms with Crippen molar-refractivity contribution in [1.29, 1.82) is 0 Å². The van der Waals surface area contributed by atoms with Crippen LogP contribution < -0.4 is 0 Å². The topological polar surface area (TPSA) is 99.1 Å². The molecule has 3 atom stereocenters. The molecule has 0 bridgehead atoms. The van der Waals surface area contributed by atoms with E-state index in [0.717, 1.165) is 19.1 Å². The molecule has 0 aromatic carbocycles. The van der Waals surface area contributed by atoms with Gasteiger partial charge >= 0.3 is 5.97 Å². The summed E-state index contributed by atoms with van der Waals surface area (Å²) in [4.78, 5) is 11.7. The average molecular weight is 336 g/mol. The second kappa shape index (κ2) is 8.05. The first-order chi connectivity index (χ1) is 10.2. The number of aliphatic hydroxyl groups excluding tert-OH is 1. The molecule has 0 saturated heterocycles. The minimum absolute atomic E-state index is 0.0875. The lowest BCUT2D eigenvalue weighted by Gasteiger charge is -2.34. The Hall–Kier alpha value is -0.960. The molecule has 1 rings (SSSR count). The van der Waals surface area contributed by atoms with Crippen LogP contribution in [0.1, 0.15) is 33.1 Å². The average Bonchev–Trinajstić information content (AvgIpc) is 2.45. The number of carbonyl (C=O) groups excluding carboxylic acids is 1. The molecule has 22 heavy (non-hydrogen) atoms. The van der Waals surface area contributed by atoms with E-state index in [4.69, 9.17) is 8.92 Å². The van der Waals surface area contributed by atoms with Crippen molar-refractivity contribution < 1.29 is 32.0 Å². The van der Waals surface area contributed by atoms with Crippen LogP contribution in [-0.2, 0) is 28.6 Å². The fourth-order valence-electron chi connectivity index (χ4n) is 2.34. The molecule has 8 heteroatoms. The fourth-order valence-corrected chi connectivity index (χ4v) is 2.91. The predicted octanol–water partition coefficient (Wildman–Crippen LogP) is 0.769. The summed E-state index contributed by atoms with van der Waals surface area (Å²) in [5, 5.41) is 10.3. The molecule has 0 spiro atoms. The van der Waals surface area contributed by atoms with Crippen LogP contribution in [0.3, 0.4) is 0 Å². The van der Waals surface area contributed by atoms with Crippen LogP contribution in [0.5, 0.6) is 0 Å². The zero-order valence-electron chi connectivity index (χ0n) is 13.3. The zero-order chi connectivity index (χ0) is 16.9. The second-order valence-electron chi connectivity index (χ2n) is 5.26. The van der Waals surface area contributed by atoms with E-state index >= 15 is 0 Å². The van der Waals surface area contributed by atoms with Crippen LogP contribution in [0.25, 0.3) is 0 Å². The number of hydrogen-bond acceptors (Lipinski definition) is 7. The van der Waals surface area contributed by atoms with Gasteiger partial charge in [0.1, 0.15) is 12.2 Å². The first-order valence-electron chi connectivity index (χ1n) is 7.22. The van der Waals surface area contributed by atoms with Gasteiger partial charge in [-0.25, -0.2) is 4.79 Å². The van der Waals surface area contributed by atoms with Gasteiger partial charge in [0, 0.05) is 12.0 Å². The number of rotatable bonds is 7. The third-order valence-corrected chi connectivity index (χ3v) is 4.09. The van der Waals surface area contributed by atoms with E-state index in [1.807, 2.05) is 13.8 Å². The summed E-state index contributed by atoms with van der Waals surface area (Å²) >= 11 is 0. The van der Waals surface area contributed by atoms with Crippen molar-refractivity contribution in [3.8, 4) is 0 Å². The highest BCUT2D eigenvalue weighted by Gasteiger charge is 2.38. The molecule has 7 nitrogen and oxygen atoms in total. The van der Waals surface area contributed by atoms with Gasteiger partial charge < -0.3 is 14.6 Å². The Kier molecular flexibility index (Phi) is 6.98. The van der Waals surface area contributed by atoms with E-state index < -0.39 is 34.4 Å². The molecule has 1 aliphatic carbocycles. The van der Waals surface area contributed by atoms with Gasteiger partial charge in [0.05, 0.1) is 25.6 Å². The van der Waals surface area contributed by atoms with Crippen molar-refractivity contribution in [2.75, 3.05) is 13.4 Å². The summed E-state index contributed by atoms with van der Waals surface area (Å²) in [5.74, 6) is -0.591. The maximum atomic E-state index is 11.7. The van der Waals surface area contributed by atoms with Crippen LogP contribution in [0.2, 0.25) is 0 Å². The van der Waals surface area contributed by atoms with Crippen molar-refractivity contribution in [2.24, 2.45) is 0 Å². The van der Waals surface area contributed by atoms with Gasteiger partial charge in [0.15, 0.2) is 0 Å². The number of hydrogen-bond donors (Lipinski definition) is 1. The third kappa shape index (κ3) is 5.35. The Morgan fingerprint density at radius 3 is 2.45 bits per heavy atom. The number of methoxy groups -OCH3 is 1. The van der Waals surface area contributed by atoms with Crippen LogP contribution >= 0.6 is 0 Å². The molecule has 0 aromatic heterocycles. The summed E-state index contributed by atoms with van der Waals surface area (Å²) in [6.07, 6.45) is 0.644. The third-order valence-electron chi connectivity index (χ3n) is 3.52. The van der Waals surface area contributed by atoms with Crippen LogP contribution in [0.4, 0.5) is 0 Å². The molecule has 128 valence electrons. The highest BCUT2D eigenvalue weighted by atomic mass is 32.2. The minimum Gasteiger partial charge on any atom is -0.466 e.